The van der Waals surface area contributed by atoms with Crippen molar-refractivity contribution in [2.24, 2.45) is 0 Å². The topological polar surface area (TPSA) is 20.2 Å². The molecule has 0 aliphatic rings. The second-order valence-electron chi connectivity index (χ2n) is 1.88. The molecule has 0 fully saturated rings. The van der Waals surface area contributed by atoms with Crippen LogP contribution in [0.5, 0.6) is 0 Å². The Morgan fingerprint density at radius 1 is 0.833 bits per heavy atom. The Morgan fingerprint density at radius 3 is 1.25 bits per heavy atom. The first-order valence-electron chi connectivity index (χ1n) is 2.50. The molecule has 0 aromatic heterocycles. The van der Waals surface area contributed by atoms with Gasteiger partial charge in [0.2, 0.25) is 0 Å². The highest BCUT2D eigenvalue weighted by atomic mass is 19.3. The maximum absolute atomic E-state index is 11.7. The largest absolute Gasteiger partial charge is 0.374 e. The lowest BCUT2D eigenvalue weighted by Crippen LogP contribution is -2.52. The van der Waals surface area contributed by atoms with Gasteiger partial charge in [0.1, 0.15) is 0 Å². The average molecular weight is 200 g/mol. The van der Waals surface area contributed by atoms with Gasteiger partial charge in [-0.1, -0.05) is 0 Å². The summed E-state index contributed by atoms with van der Waals surface area (Å²) in [5.41, 5.74) is 0. The zero-order valence-electron chi connectivity index (χ0n) is 5.25. The van der Waals surface area contributed by atoms with Crippen molar-refractivity contribution in [3.8, 4) is 0 Å². The van der Waals surface area contributed by atoms with E-state index >= 15 is 0 Å². The lowest BCUT2D eigenvalue weighted by Gasteiger charge is -2.25. The van der Waals surface area contributed by atoms with Crippen molar-refractivity contribution >= 4 is 0 Å². The summed E-state index contributed by atoms with van der Waals surface area (Å²) < 4.78 is 80.4. The molecule has 0 aliphatic carbocycles. The zero-order valence-corrected chi connectivity index (χ0v) is 5.25. The number of halogens is 7. The van der Waals surface area contributed by atoms with Crippen LogP contribution >= 0.6 is 0 Å². The molecule has 1 nitrogen and oxygen atoms in total. The average Bonchev–Trinajstić information content (AvgIpc) is 1.86. The number of rotatable bonds is 3. The van der Waals surface area contributed by atoms with Crippen LogP contribution < -0.4 is 0 Å². The standard InChI is InChI=1S/C4H3F7O/c5-1(6)3(8,9)4(10,11)2(7)12/h1-2,12H. The molecule has 0 aromatic rings. The van der Waals surface area contributed by atoms with E-state index < -0.39 is 24.6 Å². The SMILES string of the molecule is OC(F)C(F)(F)C(F)(F)C(F)F. The second kappa shape index (κ2) is 3.08. The molecule has 0 saturated heterocycles. The minimum atomic E-state index is -5.87. The summed E-state index contributed by atoms with van der Waals surface area (Å²) in [5, 5.41) is 7.43. The van der Waals surface area contributed by atoms with Gasteiger partial charge in [-0.05, 0) is 0 Å². The number of aliphatic hydroxyl groups excluding tert-OH is 1. The van der Waals surface area contributed by atoms with E-state index in [0.29, 0.717) is 0 Å². The molecular weight excluding hydrogens is 197 g/mol. The minimum absolute atomic E-state index is 4.32. The van der Waals surface area contributed by atoms with Gasteiger partial charge in [-0.3, -0.25) is 0 Å². The Kier molecular flexibility index (Phi) is 2.94. The molecular formula is C4H3F7O. The van der Waals surface area contributed by atoms with Gasteiger partial charge in [-0.2, -0.15) is 17.6 Å². The van der Waals surface area contributed by atoms with E-state index in [1.54, 1.807) is 0 Å². The van der Waals surface area contributed by atoms with Crippen LogP contribution in [-0.4, -0.2) is 29.7 Å². The van der Waals surface area contributed by atoms with Gasteiger partial charge >= 0.3 is 18.3 Å². The summed E-state index contributed by atoms with van der Waals surface area (Å²) >= 11 is 0. The first-order valence-corrected chi connectivity index (χ1v) is 2.50. The van der Waals surface area contributed by atoms with E-state index in [1.165, 1.54) is 0 Å². The number of alkyl halides is 7. The molecule has 0 amide bonds. The van der Waals surface area contributed by atoms with Gasteiger partial charge in [-0.15, -0.1) is 0 Å². The first kappa shape index (κ1) is 11.5. The van der Waals surface area contributed by atoms with E-state index in [4.69, 9.17) is 5.11 Å². The molecule has 0 saturated carbocycles. The van der Waals surface area contributed by atoms with Gasteiger partial charge < -0.3 is 5.11 Å². The van der Waals surface area contributed by atoms with Crippen molar-refractivity contribution in [3.63, 3.8) is 0 Å². The van der Waals surface area contributed by atoms with Crippen LogP contribution in [0, 0.1) is 0 Å². The van der Waals surface area contributed by atoms with E-state index in [-0.39, 0.29) is 0 Å². The molecule has 0 rings (SSSR count). The fraction of sp³-hybridized carbons (Fsp3) is 1.00. The maximum Gasteiger partial charge on any atom is 0.374 e. The Balaban J connectivity index is 4.75. The van der Waals surface area contributed by atoms with Crippen LogP contribution in [0.3, 0.4) is 0 Å². The quantitative estimate of drug-likeness (QED) is 0.688. The predicted molar refractivity (Wildman–Crippen MR) is 23.0 cm³/mol. The molecule has 0 aliphatic heterocycles. The molecule has 0 aromatic carbocycles. The third-order valence-electron chi connectivity index (χ3n) is 1.02. The van der Waals surface area contributed by atoms with Crippen molar-refractivity contribution in [1.29, 1.82) is 0 Å². The summed E-state index contributed by atoms with van der Waals surface area (Å²) in [5.74, 6) is -11.7. The van der Waals surface area contributed by atoms with E-state index in [1.807, 2.05) is 0 Å². The molecule has 0 spiro atoms. The van der Waals surface area contributed by atoms with E-state index in [9.17, 15) is 30.7 Å². The van der Waals surface area contributed by atoms with Crippen molar-refractivity contribution in [1.82, 2.24) is 0 Å². The number of hydrogen-bond acceptors (Lipinski definition) is 1. The van der Waals surface area contributed by atoms with Gasteiger partial charge in [0.15, 0.2) is 0 Å². The summed E-state index contributed by atoms with van der Waals surface area (Å²) in [6.45, 7) is 0. The summed E-state index contributed by atoms with van der Waals surface area (Å²) in [6, 6.07) is 0. The molecule has 74 valence electrons. The first-order chi connectivity index (χ1) is 5.14. The maximum atomic E-state index is 11.7. The highest BCUT2D eigenvalue weighted by Gasteiger charge is 2.67. The molecule has 1 unspecified atom stereocenters. The number of aliphatic hydroxyl groups is 1. The molecule has 1 atom stereocenters. The molecule has 1 N–H and O–H groups in total. The lowest BCUT2D eigenvalue weighted by molar-refractivity contribution is -0.316. The molecule has 0 heterocycles. The third-order valence-corrected chi connectivity index (χ3v) is 1.02. The van der Waals surface area contributed by atoms with Crippen molar-refractivity contribution in [2.75, 3.05) is 0 Å². The fourth-order valence-electron chi connectivity index (χ4n) is 0.304. The molecule has 0 radical (unpaired) electrons. The molecule has 8 heteroatoms. The summed E-state index contributed by atoms with van der Waals surface area (Å²) in [4.78, 5) is 0. The van der Waals surface area contributed by atoms with Crippen LogP contribution in [0.25, 0.3) is 0 Å². The predicted octanol–water partition coefficient (Wildman–Crippen LogP) is 1.81. The fourth-order valence-corrected chi connectivity index (χ4v) is 0.304. The Bertz CT molecular complexity index is 135. The monoisotopic (exact) mass is 200 g/mol. The third kappa shape index (κ3) is 1.62. The van der Waals surface area contributed by atoms with Crippen LogP contribution in [0.15, 0.2) is 0 Å². The van der Waals surface area contributed by atoms with Crippen molar-refractivity contribution in [2.45, 2.75) is 24.6 Å². The van der Waals surface area contributed by atoms with Gasteiger partial charge in [0.05, 0.1) is 0 Å². The van der Waals surface area contributed by atoms with Crippen LogP contribution in [0.4, 0.5) is 30.7 Å². The highest BCUT2D eigenvalue weighted by Crippen LogP contribution is 2.41. The van der Waals surface area contributed by atoms with Gasteiger partial charge in [0, 0.05) is 0 Å². The lowest BCUT2D eigenvalue weighted by atomic mass is 10.2. The summed E-state index contributed by atoms with van der Waals surface area (Å²) in [6.07, 6.45) is -9.06. The number of hydrogen-bond donors (Lipinski definition) is 1. The second-order valence-corrected chi connectivity index (χ2v) is 1.88. The Hall–Kier alpha value is -0.530. The van der Waals surface area contributed by atoms with Crippen molar-refractivity contribution in [3.05, 3.63) is 0 Å². The Morgan fingerprint density at radius 2 is 1.17 bits per heavy atom. The highest BCUT2D eigenvalue weighted by molar-refractivity contribution is 4.88. The molecule has 12 heavy (non-hydrogen) atoms. The van der Waals surface area contributed by atoms with Crippen LogP contribution in [-0.2, 0) is 0 Å². The van der Waals surface area contributed by atoms with E-state index in [0.717, 1.165) is 0 Å². The van der Waals surface area contributed by atoms with Crippen LogP contribution in [0.1, 0.15) is 0 Å². The zero-order chi connectivity index (χ0) is 10.2. The van der Waals surface area contributed by atoms with Crippen LogP contribution in [0.2, 0.25) is 0 Å². The van der Waals surface area contributed by atoms with Gasteiger partial charge in [-0.25, -0.2) is 13.2 Å². The minimum Gasteiger partial charge on any atom is -0.359 e. The van der Waals surface area contributed by atoms with E-state index in [2.05, 4.69) is 0 Å². The Labute approximate surface area is 61.8 Å². The molecule has 0 bridgehead atoms. The van der Waals surface area contributed by atoms with Gasteiger partial charge in [0.25, 0.3) is 6.36 Å². The smallest absolute Gasteiger partial charge is 0.359 e. The van der Waals surface area contributed by atoms with Crippen molar-refractivity contribution < 1.29 is 35.8 Å². The normalized spacial score (nSPS) is 16.8. The summed E-state index contributed by atoms with van der Waals surface area (Å²) in [7, 11) is 0.